The second-order valence-electron chi connectivity index (χ2n) is 10.8. The zero-order valence-corrected chi connectivity index (χ0v) is 23.6. The van der Waals surface area contributed by atoms with Crippen molar-refractivity contribution in [2.24, 2.45) is 0 Å². The standard InChI is InChI=1S/C31H56N4/c1-4-6-8-10-12-14-16-18-20-22-26-35(27-23-21-19-17-15-13-11-9-7-5-2)30-25-24-29-31(28(30)3)33-34-32-29/h24-25H,4-23,26-27H2,1-3H3,(H,32,33,34). The first-order valence-corrected chi connectivity index (χ1v) is 15.3. The third kappa shape index (κ3) is 12.3. The van der Waals surface area contributed by atoms with E-state index in [-0.39, 0.29) is 0 Å². The van der Waals surface area contributed by atoms with Crippen molar-refractivity contribution in [3.8, 4) is 0 Å². The Morgan fingerprint density at radius 1 is 0.571 bits per heavy atom. The molecule has 0 fully saturated rings. The number of hydrogen-bond acceptors (Lipinski definition) is 3. The molecule has 1 N–H and O–H groups in total. The molecule has 1 aromatic heterocycles. The van der Waals surface area contributed by atoms with Crippen molar-refractivity contribution in [2.75, 3.05) is 18.0 Å². The number of nitrogens with zero attached hydrogens (tertiary/aromatic N) is 3. The van der Waals surface area contributed by atoms with Gasteiger partial charge in [0.25, 0.3) is 0 Å². The molecular formula is C31H56N4. The normalized spacial score (nSPS) is 11.5. The lowest BCUT2D eigenvalue weighted by Gasteiger charge is -2.27. The van der Waals surface area contributed by atoms with Gasteiger partial charge in [0, 0.05) is 24.3 Å². The number of benzene rings is 1. The Labute approximate surface area is 217 Å². The summed E-state index contributed by atoms with van der Waals surface area (Å²) in [5.41, 5.74) is 4.64. The van der Waals surface area contributed by atoms with Gasteiger partial charge in [0.2, 0.25) is 0 Å². The summed E-state index contributed by atoms with van der Waals surface area (Å²) >= 11 is 0. The molecule has 4 heteroatoms. The van der Waals surface area contributed by atoms with Gasteiger partial charge in [0.15, 0.2) is 0 Å². The van der Waals surface area contributed by atoms with Crippen molar-refractivity contribution >= 4 is 16.7 Å². The highest BCUT2D eigenvalue weighted by atomic mass is 15.3. The van der Waals surface area contributed by atoms with E-state index in [1.54, 1.807) is 0 Å². The molecule has 0 aliphatic heterocycles. The van der Waals surface area contributed by atoms with Gasteiger partial charge in [-0.25, -0.2) is 0 Å². The van der Waals surface area contributed by atoms with Crippen LogP contribution in [0.25, 0.3) is 11.0 Å². The van der Waals surface area contributed by atoms with Crippen molar-refractivity contribution in [1.82, 2.24) is 15.4 Å². The van der Waals surface area contributed by atoms with Crippen molar-refractivity contribution in [3.05, 3.63) is 17.7 Å². The van der Waals surface area contributed by atoms with E-state index in [0.717, 1.165) is 24.1 Å². The summed E-state index contributed by atoms with van der Waals surface area (Å²) in [4.78, 5) is 2.64. The van der Waals surface area contributed by atoms with Crippen molar-refractivity contribution in [2.45, 2.75) is 149 Å². The van der Waals surface area contributed by atoms with Crippen LogP contribution in [0.15, 0.2) is 12.1 Å². The molecule has 0 bridgehead atoms. The van der Waals surface area contributed by atoms with E-state index in [4.69, 9.17) is 0 Å². The van der Waals surface area contributed by atoms with Gasteiger partial charge in [-0.1, -0.05) is 129 Å². The molecule has 0 amide bonds. The minimum absolute atomic E-state index is 0.976. The van der Waals surface area contributed by atoms with Gasteiger partial charge in [-0.15, -0.1) is 0 Å². The zero-order chi connectivity index (χ0) is 25.0. The van der Waals surface area contributed by atoms with Crippen molar-refractivity contribution in [1.29, 1.82) is 0 Å². The second-order valence-corrected chi connectivity index (χ2v) is 10.8. The van der Waals surface area contributed by atoms with Crippen LogP contribution in [0.4, 0.5) is 5.69 Å². The maximum absolute atomic E-state index is 4.41. The molecule has 1 heterocycles. The number of anilines is 1. The Morgan fingerprint density at radius 2 is 1.00 bits per heavy atom. The van der Waals surface area contributed by atoms with E-state index in [0.29, 0.717) is 0 Å². The van der Waals surface area contributed by atoms with Crippen LogP contribution >= 0.6 is 0 Å². The average molecular weight is 485 g/mol. The Kier molecular flexibility index (Phi) is 16.6. The van der Waals surface area contributed by atoms with E-state index in [1.807, 2.05) is 0 Å². The van der Waals surface area contributed by atoms with Gasteiger partial charge < -0.3 is 4.90 Å². The molecular weight excluding hydrogens is 428 g/mol. The lowest BCUT2D eigenvalue weighted by atomic mass is 10.1. The smallest absolute Gasteiger partial charge is 0.117 e. The molecule has 0 radical (unpaired) electrons. The summed E-state index contributed by atoms with van der Waals surface area (Å²) in [6, 6.07) is 4.40. The van der Waals surface area contributed by atoms with Crippen LogP contribution in [-0.4, -0.2) is 28.5 Å². The third-order valence-corrected chi connectivity index (χ3v) is 7.62. The monoisotopic (exact) mass is 484 g/mol. The number of nitrogens with one attached hydrogen (secondary N) is 1. The van der Waals surface area contributed by atoms with Gasteiger partial charge in [-0.05, 0) is 31.9 Å². The molecule has 200 valence electrons. The molecule has 4 nitrogen and oxygen atoms in total. The highest BCUT2D eigenvalue weighted by molar-refractivity contribution is 5.83. The lowest BCUT2D eigenvalue weighted by Crippen LogP contribution is -2.26. The second kappa shape index (κ2) is 19.6. The fourth-order valence-electron chi connectivity index (χ4n) is 5.31. The fraction of sp³-hybridized carbons (Fsp3) is 0.806. The number of aromatic amines is 1. The van der Waals surface area contributed by atoms with E-state index in [1.165, 1.54) is 140 Å². The van der Waals surface area contributed by atoms with Crippen LogP contribution in [0.5, 0.6) is 0 Å². The zero-order valence-electron chi connectivity index (χ0n) is 23.6. The van der Waals surface area contributed by atoms with Gasteiger partial charge in [0.1, 0.15) is 11.0 Å². The predicted octanol–water partition coefficient (Wildman–Crippen LogP) is 9.91. The highest BCUT2D eigenvalue weighted by Gasteiger charge is 2.13. The first-order valence-electron chi connectivity index (χ1n) is 15.3. The van der Waals surface area contributed by atoms with Gasteiger partial charge >= 0.3 is 0 Å². The molecule has 35 heavy (non-hydrogen) atoms. The largest absolute Gasteiger partial charge is 0.371 e. The summed E-state index contributed by atoms with van der Waals surface area (Å²) in [6.45, 7) is 9.14. The number of rotatable bonds is 23. The van der Waals surface area contributed by atoms with Gasteiger partial charge in [0.05, 0.1) is 0 Å². The summed E-state index contributed by atoms with van der Waals surface area (Å²) < 4.78 is 0. The fourth-order valence-corrected chi connectivity index (χ4v) is 5.31. The number of unbranched alkanes of at least 4 members (excludes halogenated alkanes) is 18. The first-order chi connectivity index (χ1) is 17.3. The Hall–Kier alpha value is -1.58. The van der Waals surface area contributed by atoms with Crippen LogP contribution < -0.4 is 4.90 Å². The van der Waals surface area contributed by atoms with E-state index < -0.39 is 0 Å². The topological polar surface area (TPSA) is 44.8 Å². The minimum Gasteiger partial charge on any atom is -0.371 e. The van der Waals surface area contributed by atoms with Crippen molar-refractivity contribution in [3.63, 3.8) is 0 Å². The lowest BCUT2D eigenvalue weighted by molar-refractivity contribution is 0.543. The highest BCUT2D eigenvalue weighted by Crippen LogP contribution is 2.27. The number of hydrogen-bond donors (Lipinski definition) is 1. The molecule has 1 aromatic carbocycles. The van der Waals surface area contributed by atoms with Gasteiger partial charge in [-0.3, -0.25) is 0 Å². The van der Waals surface area contributed by atoms with Crippen molar-refractivity contribution < 1.29 is 0 Å². The number of fused-ring (bicyclic) bond motifs is 1. The number of H-pyrrole nitrogens is 1. The Balaban J connectivity index is 1.71. The quantitative estimate of drug-likeness (QED) is 0.160. The SMILES string of the molecule is CCCCCCCCCCCCN(CCCCCCCCCCCC)c1ccc2n[nH]nc2c1C. The van der Waals surface area contributed by atoms with Crippen LogP contribution in [0.3, 0.4) is 0 Å². The van der Waals surface area contributed by atoms with Crippen LogP contribution in [-0.2, 0) is 0 Å². The minimum atomic E-state index is 0.976. The molecule has 2 aromatic rings. The molecule has 0 atom stereocenters. The molecule has 0 saturated carbocycles. The third-order valence-electron chi connectivity index (χ3n) is 7.62. The maximum atomic E-state index is 4.41. The summed E-state index contributed by atoms with van der Waals surface area (Å²) in [6.07, 6.45) is 27.9. The Morgan fingerprint density at radius 3 is 1.46 bits per heavy atom. The molecule has 0 unspecified atom stereocenters. The maximum Gasteiger partial charge on any atom is 0.117 e. The Bertz CT molecular complexity index is 730. The summed E-state index contributed by atoms with van der Waals surface area (Å²) in [7, 11) is 0. The predicted molar refractivity (Wildman–Crippen MR) is 155 cm³/mol. The number of aryl methyl sites for hydroxylation is 1. The molecule has 2 rings (SSSR count). The van der Waals surface area contributed by atoms with Crippen LogP contribution in [0.2, 0.25) is 0 Å². The average Bonchev–Trinajstić information content (AvgIpc) is 3.35. The molecule has 0 aliphatic carbocycles. The molecule has 0 spiro atoms. The van der Waals surface area contributed by atoms with Crippen LogP contribution in [0, 0.1) is 6.92 Å². The molecule has 0 saturated heterocycles. The summed E-state index contributed by atoms with van der Waals surface area (Å²) in [5, 5.41) is 11.5. The number of aromatic nitrogens is 3. The first kappa shape index (κ1) is 29.6. The van der Waals surface area contributed by atoms with Crippen LogP contribution in [0.1, 0.15) is 148 Å². The summed E-state index contributed by atoms with van der Waals surface area (Å²) in [5.74, 6) is 0. The van der Waals surface area contributed by atoms with E-state index >= 15 is 0 Å². The van der Waals surface area contributed by atoms with Gasteiger partial charge in [-0.2, -0.15) is 15.4 Å². The van der Waals surface area contributed by atoms with E-state index in [9.17, 15) is 0 Å². The molecule has 0 aliphatic rings. The van der Waals surface area contributed by atoms with E-state index in [2.05, 4.69) is 53.2 Å².